The highest BCUT2D eigenvalue weighted by Crippen LogP contribution is 2.22. The van der Waals surface area contributed by atoms with Gasteiger partial charge in [0.1, 0.15) is 0 Å². The van der Waals surface area contributed by atoms with Gasteiger partial charge in [-0.25, -0.2) is 4.79 Å². The number of rotatable bonds is 1. The minimum Gasteiger partial charge on any atom is -0.464 e. The number of fused-ring (bicyclic) bond motifs is 1. The molecular formula is C9H12ClN3O2. The molecule has 2 heterocycles. The van der Waals surface area contributed by atoms with E-state index in [0.717, 1.165) is 25.2 Å². The summed E-state index contributed by atoms with van der Waals surface area (Å²) in [5.74, 6) is -0.486. The molecule has 2 rings (SSSR count). The minimum absolute atomic E-state index is 0.206. The molecule has 0 saturated heterocycles. The largest absolute Gasteiger partial charge is 0.464 e. The molecule has 0 aliphatic carbocycles. The first-order chi connectivity index (χ1) is 7.24. The number of ether oxygens (including phenoxy) is 1. The quantitative estimate of drug-likeness (QED) is 0.725. The highest BCUT2D eigenvalue weighted by Gasteiger charge is 2.22. The maximum atomic E-state index is 11.3. The predicted octanol–water partition coefficient (Wildman–Crippen LogP) is 0.816. The SMILES string of the molecule is COC(=O)c1nn2c(c1Cl)CNCCC2. The normalized spacial score (nSPS) is 15.6. The van der Waals surface area contributed by atoms with Gasteiger partial charge in [0.15, 0.2) is 5.69 Å². The fraction of sp³-hybridized carbons (Fsp3) is 0.556. The van der Waals surface area contributed by atoms with Gasteiger partial charge in [-0.1, -0.05) is 11.6 Å². The summed E-state index contributed by atoms with van der Waals surface area (Å²) >= 11 is 6.06. The monoisotopic (exact) mass is 229 g/mol. The average molecular weight is 230 g/mol. The molecule has 0 bridgehead atoms. The molecule has 0 spiro atoms. The number of carbonyl (C=O) groups is 1. The van der Waals surface area contributed by atoms with E-state index in [2.05, 4.69) is 15.2 Å². The first kappa shape index (κ1) is 10.4. The van der Waals surface area contributed by atoms with Crippen molar-refractivity contribution < 1.29 is 9.53 Å². The van der Waals surface area contributed by atoms with Gasteiger partial charge in [0.25, 0.3) is 0 Å². The topological polar surface area (TPSA) is 56.1 Å². The molecule has 15 heavy (non-hydrogen) atoms. The minimum atomic E-state index is -0.486. The van der Waals surface area contributed by atoms with Crippen LogP contribution in [0.15, 0.2) is 0 Å². The standard InChI is InChI=1S/C9H12ClN3O2/c1-15-9(14)8-7(10)6-5-11-3-2-4-13(6)12-8/h11H,2-5H2,1H3. The lowest BCUT2D eigenvalue weighted by Gasteiger charge is -1.99. The van der Waals surface area contributed by atoms with Gasteiger partial charge < -0.3 is 10.1 Å². The van der Waals surface area contributed by atoms with Crippen molar-refractivity contribution in [2.75, 3.05) is 13.7 Å². The zero-order valence-electron chi connectivity index (χ0n) is 8.42. The van der Waals surface area contributed by atoms with Crippen molar-refractivity contribution in [3.05, 3.63) is 16.4 Å². The third-order valence-corrected chi connectivity index (χ3v) is 2.79. The van der Waals surface area contributed by atoms with E-state index in [4.69, 9.17) is 11.6 Å². The van der Waals surface area contributed by atoms with Crippen LogP contribution < -0.4 is 5.32 Å². The Balaban J connectivity index is 2.40. The van der Waals surface area contributed by atoms with Crippen molar-refractivity contribution in [1.82, 2.24) is 15.1 Å². The van der Waals surface area contributed by atoms with E-state index >= 15 is 0 Å². The van der Waals surface area contributed by atoms with Gasteiger partial charge in [0.2, 0.25) is 0 Å². The van der Waals surface area contributed by atoms with Gasteiger partial charge in [-0.2, -0.15) is 5.10 Å². The van der Waals surface area contributed by atoms with E-state index in [1.807, 2.05) is 0 Å². The van der Waals surface area contributed by atoms with Crippen LogP contribution in [0.4, 0.5) is 0 Å². The van der Waals surface area contributed by atoms with Gasteiger partial charge in [0.05, 0.1) is 17.8 Å². The molecule has 0 aromatic carbocycles. The Morgan fingerprint density at radius 3 is 3.20 bits per heavy atom. The molecule has 0 atom stereocenters. The highest BCUT2D eigenvalue weighted by atomic mass is 35.5. The highest BCUT2D eigenvalue weighted by molar-refractivity contribution is 6.34. The van der Waals surface area contributed by atoms with Crippen LogP contribution in [-0.2, 0) is 17.8 Å². The fourth-order valence-electron chi connectivity index (χ4n) is 1.62. The Morgan fingerprint density at radius 2 is 2.47 bits per heavy atom. The van der Waals surface area contributed by atoms with Crippen LogP contribution in [0, 0.1) is 0 Å². The summed E-state index contributed by atoms with van der Waals surface area (Å²) in [5, 5.41) is 7.77. The summed E-state index contributed by atoms with van der Waals surface area (Å²) in [7, 11) is 1.32. The van der Waals surface area contributed by atoms with Gasteiger partial charge in [0, 0.05) is 13.1 Å². The lowest BCUT2D eigenvalue weighted by molar-refractivity contribution is 0.0593. The Hall–Kier alpha value is -1.07. The number of carbonyl (C=O) groups excluding carboxylic acids is 1. The molecule has 0 saturated carbocycles. The van der Waals surface area contributed by atoms with Crippen molar-refractivity contribution >= 4 is 17.6 Å². The number of hydrogen-bond acceptors (Lipinski definition) is 4. The second-order valence-corrected chi connectivity index (χ2v) is 3.73. The molecule has 1 aliphatic rings. The number of hydrogen-bond donors (Lipinski definition) is 1. The number of aryl methyl sites for hydroxylation is 1. The molecule has 1 aromatic heterocycles. The van der Waals surface area contributed by atoms with Crippen LogP contribution in [0.3, 0.4) is 0 Å². The van der Waals surface area contributed by atoms with Crippen molar-refractivity contribution in [3.8, 4) is 0 Å². The zero-order valence-corrected chi connectivity index (χ0v) is 9.17. The average Bonchev–Trinajstić information content (AvgIpc) is 2.44. The summed E-state index contributed by atoms with van der Waals surface area (Å²) in [5.41, 5.74) is 1.06. The van der Waals surface area contributed by atoms with Gasteiger partial charge >= 0.3 is 5.97 Å². The Labute approximate surface area is 92.4 Å². The summed E-state index contributed by atoms with van der Waals surface area (Å²) in [6, 6.07) is 0. The zero-order chi connectivity index (χ0) is 10.8. The first-order valence-electron chi connectivity index (χ1n) is 4.78. The summed E-state index contributed by atoms with van der Waals surface area (Å²) in [4.78, 5) is 11.3. The Kier molecular flexibility index (Phi) is 2.93. The summed E-state index contributed by atoms with van der Waals surface area (Å²) in [6.45, 7) is 2.36. The molecule has 5 nitrogen and oxygen atoms in total. The number of nitrogens with one attached hydrogen (secondary N) is 1. The molecule has 0 fully saturated rings. The molecule has 0 unspecified atom stereocenters. The van der Waals surface area contributed by atoms with Crippen molar-refractivity contribution in [1.29, 1.82) is 0 Å². The van der Waals surface area contributed by atoms with E-state index in [1.54, 1.807) is 4.68 Å². The third kappa shape index (κ3) is 1.85. The molecule has 1 N–H and O–H groups in total. The van der Waals surface area contributed by atoms with Crippen LogP contribution in [0.25, 0.3) is 0 Å². The maximum absolute atomic E-state index is 11.3. The molecular weight excluding hydrogens is 218 g/mol. The second kappa shape index (κ2) is 4.20. The van der Waals surface area contributed by atoms with E-state index in [0.29, 0.717) is 11.6 Å². The number of halogens is 1. The molecule has 1 aliphatic heterocycles. The van der Waals surface area contributed by atoms with Crippen molar-refractivity contribution in [2.45, 2.75) is 19.5 Å². The van der Waals surface area contributed by atoms with Crippen LogP contribution >= 0.6 is 11.6 Å². The Morgan fingerprint density at radius 1 is 1.67 bits per heavy atom. The van der Waals surface area contributed by atoms with Crippen LogP contribution in [0.2, 0.25) is 5.02 Å². The van der Waals surface area contributed by atoms with E-state index in [1.165, 1.54) is 7.11 Å². The van der Waals surface area contributed by atoms with Crippen LogP contribution in [-0.4, -0.2) is 29.4 Å². The van der Waals surface area contributed by atoms with Gasteiger partial charge in [-0.15, -0.1) is 0 Å². The molecule has 6 heteroatoms. The maximum Gasteiger partial charge on any atom is 0.360 e. The second-order valence-electron chi connectivity index (χ2n) is 3.35. The van der Waals surface area contributed by atoms with Crippen LogP contribution in [0.5, 0.6) is 0 Å². The summed E-state index contributed by atoms with van der Waals surface area (Å²) in [6.07, 6.45) is 0.978. The summed E-state index contributed by atoms with van der Waals surface area (Å²) < 4.78 is 6.38. The molecule has 82 valence electrons. The molecule has 1 aromatic rings. The van der Waals surface area contributed by atoms with Crippen LogP contribution in [0.1, 0.15) is 22.6 Å². The lowest BCUT2D eigenvalue weighted by atomic mass is 10.3. The van der Waals surface area contributed by atoms with Gasteiger partial charge in [-0.05, 0) is 13.0 Å². The smallest absolute Gasteiger partial charge is 0.360 e. The Bertz CT molecular complexity index is 389. The number of methoxy groups -OCH3 is 1. The van der Waals surface area contributed by atoms with E-state index in [9.17, 15) is 4.79 Å². The van der Waals surface area contributed by atoms with E-state index < -0.39 is 5.97 Å². The molecule has 0 amide bonds. The first-order valence-corrected chi connectivity index (χ1v) is 5.16. The van der Waals surface area contributed by atoms with E-state index in [-0.39, 0.29) is 5.69 Å². The lowest BCUT2D eigenvalue weighted by Crippen LogP contribution is -2.12. The molecule has 0 radical (unpaired) electrons. The third-order valence-electron chi connectivity index (χ3n) is 2.39. The van der Waals surface area contributed by atoms with Gasteiger partial charge in [-0.3, -0.25) is 4.68 Å². The van der Waals surface area contributed by atoms with Crippen molar-refractivity contribution in [3.63, 3.8) is 0 Å². The number of nitrogens with zero attached hydrogens (tertiary/aromatic N) is 2. The number of esters is 1. The fourth-order valence-corrected chi connectivity index (χ4v) is 1.90. The van der Waals surface area contributed by atoms with Crippen molar-refractivity contribution in [2.24, 2.45) is 0 Å². The predicted molar refractivity (Wildman–Crippen MR) is 54.9 cm³/mol. The number of aromatic nitrogens is 2.